The molecule has 13 heteroatoms. The van der Waals surface area contributed by atoms with Crippen molar-refractivity contribution in [3.8, 4) is 0 Å². The van der Waals surface area contributed by atoms with Crippen molar-refractivity contribution in [1.82, 2.24) is 9.97 Å². The van der Waals surface area contributed by atoms with E-state index in [1.807, 2.05) is 12.1 Å². The summed E-state index contributed by atoms with van der Waals surface area (Å²) in [6.07, 6.45) is -1.06. The number of benzene rings is 4. The van der Waals surface area contributed by atoms with E-state index < -0.39 is 52.7 Å². The molecule has 256 valence electrons. The number of hydrogen-bond donors (Lipinski definition) is 0. The summed E-state index contributed by atoms with van der Waals surface area (Å²) in [6.45, 7) is 0. The molecule has 2 aromatic heterocycles. The van der Waals surface area contributed by atoms with Gasteiger partial charge in [0.05, 0.1) is 31.5 Å². The number of aromatic nitrogens is 2. The average Bonchev–Trinajstić information content (AvgIpc) is 3.74. The molecular weight excluding hydrogens is 689 g/mol. The van der Waals surface area contributed by atoms with Crippen LogP contribution in [-0.4, -0.2) is 41.7 Å². The number of hydrogen-bond acceptors (Lipinski definition) is 7. The molecule has 0 N–H and O–H groups in total. The predicted octanol–water partition coefficient (Wildman–Crippen LogP) is 8.16. The number of carbonyl (C=O) groups excluding carboxylic acids is 3. The predicted molar refractivity (Wildman–Crippen MR) is 187 cm³/mol. The van der Waals surface area contributed by atoms with E-state index in [9.17, 15) is 31.9 Å². The van der Waals surface area contributed by atoms with Gasteiger partial charge in [0.25, 0.3) is 0 Å². The maximum absolute atomic E-state index is 14.2. The Labute approximate surface area is 292 Å². The van der Waals surface area contributed by atoms with E-state index in [-0.39, 0.29) is 36.8 Å². The van der Waals surface area contributed by atoms with Gasteiger partial charge in [-0.3, -0.25) is 14.4 Å². The molecule has 6 rings (SSSR count). The molecule has 2 atom stereocenters. The summed E-state index contributed by atoms with van der Waals surface area (Å²) in [5.41, 5.74) is 6.10. The highest BCUT2D eigenvalue weighted by Crippen LogP contribution is 2.29. The Morgan fingerprint density at radius 2 is 0.980 bits per heavy atom. The molecule has 2 amide bonds. The number of Topliss-reactive ketones (excluding diaryl/α,β-unsaturated/α-hetero) is 1. The second-order valence-corrected chi connectivity index (χ2v) is 13.9. The van der Waals surface area contributed by atoms with E-state index in [0.717, 1.165) is 45.8 Å². The van der Waals surface area contributed by atoms with Crippen molar-refractivity contribution < 1.29 is 31.9 Å². The summed E-state index contributed by atoms with van der Waals surface area (Å²) in [7, 11) is 3.08. The minimum absolute atomic E-state index is 0.163. The summed E-state index contributed by atoms with van der Waals surface area (Å²) < 4.78 is 58.6. The average molecular weight is 719 g/mol. The van der Waals surface area contributed by atoms with Crippen molar-refractivity contribution in [2.45, 2.75) is 25.7 Å². The molecule has 0 radical (unpaired) electrons. The molecule has 0 saturated heterocycles. The number of fused-ring (bicyclic) bond motifs is 2. The van der Waals surface area contributed by atoms with Gasteiger partial charge in [0.2, 0.25) is 11.8 Å². The van der Waals surface area contributed by atoms with Crippen molar-refractivity contribution in [3.05, 3.63) is 118 Å². The van der Waals surface area contributed by atoms with Crippen molar-refractivity contribution in [3.63, 3.8) is 0 Å². The topological polar surface area (TPSA) is 83.5 Å². The fraction of sp³-hybridized carbons (Fsp3) is 0.216. The molecule has 0 saturated carbocycles. The summed E-state index contributed by atoms with van der Waals surface area (Å²) >= 11 is 2.88. The molecular formula is C37H30F4N4O3S2. The van der Waals surface area contributed by atoms with Crippen LogP contribution in [0.2, 0.25) is 0 Å². The van der Waals surface area contributed by atoms with Gasteiger partial charge >= 0.3 is 0 Å². The Balaban J connectivity index is 1.28. The normalized spacial score (nSPS) is 12.6. The fourth-order valence-corrected chi connectivity index (χ4v) is 7.38. The van der Waals surface area contributed by atoms with Crippen molar-refractivity contribution in [2.75, 3.05) is 23.9 Å². The molecule has 7 nitrogen and oxygen atoms in total. The van der Waals surface area contributed by atoms with Crippen LogP contribution in [0.25, 0.3) is 20.4 Å². The highest BCUT2D eigenvalue weighted by atomic mass is 32.1. The summed E-state index contributed by atoms with van der Waals surface area (Å²) in [4.78, 5) is 53.2. The lowest BCUT2D eigenvalue weighted by Gasteiger charge is -2.26. The zero-order valence-corrected chi connectivity index (χ0v) is 28.5. The van der Waals surface area contributed by atoms with Gasteiger partial charge in [-0.25, -0.2) is 27.5 Å². The van der Waals surface area contributed by atoms with Gasteiger partial charge in [-0.15, -0.1) is 22.7 Å². The van der Waals surface area contributed by atoms with E-state index in [4.69, 9.17) is 0 Å². The molecule has 0 bridgehead atoms. The second-order valence-electron chi connectivity index (χ2n) is 12.1. The van der Waals surface area contributed by atoms with Gasteiger partial charge in [-0.2, -0.15) is 0 Å². The van der Waals surface area contributed by atoms with Gasteiger partial charge in [0.15, 0.2) is 0 Å². The van der Waals surface area contributed by atoms with Crippen LogP contribution in [0.5, 0.6) is 0 Å². The molecule has 2 heterocycles. The molecule has 0 unspecified atom stereocenters. The number of rotatable bonds is 12. The molecule has 4 aromatic carbocycles. The summed E-state index contributed by atoms with van der Waals surface area (Å²) in [5, 5.41) is 0. The maximum atomic E-state index is 14.2. The van der Waals surface area contributed by atoms with Crippen molar-refractivity contribution in [1.29, 1.82) is 0 Å². The standard InChI is InChI=1S/C37H30F4N4O3S2/c1-44(29-3-5-34-32(17-29)42-19-49-34)36(47)23(7-21-9-25(38)15-26(39)10-21)13-31(46)14-24(8-22-11-27(40)16-28(41)12-22)37(48)45(2)30-4-6-35-33(18-30)43-20-50-35/h3-6,9-12,15-20,23-24H,7-8,13-14H2,1-2H3/t23-,24-/m1/s1. The Hall–Kier alpha value is -5.01. The monoisotopic (exact) mass is 718 g/mol. The largest absolute Gasteiger partial charge is 0.315 e. The van der Waals surface area contributed by atoms with Crippen LogP contribution in [-0.2, 0) is 27.2 Å². The molecule has 0 aliphatic heterocycles. The van der Waals surface area contributed by atoms with Crippen LogP contribution in [0.4, 0.5) is 28.9 Å². The molecule has 50 heavy (non-hydrogen) atoms. The highest BCUT2D eigenvalue weighted by molar-refractivity contribution is 7.17. The van der Waals surface area contributed by atoms with E-state index in [2.05, 4.69) is 9.97 Å². The lowest BCUT2D eigenvalue weighted by Crippen LogP contribution is -2.37. The third-order valence-electron chi connectivity index (χ3n) is 8.52. The molecule has 0 spiro atoms. The van der Waals surface area contributed by atoms with Crippen LogP contribution in [0.3, 0.4) is 0 Å². The third kappa shape index (κ3) is 8.06. The SMILES string of the molecule is CN(C(=O)[C@@H](CC(=O)C[C@@H](Cc1cc(F)cc(F)c1)C(=O)N(C)c1ccc2scnc2c1)Cc1cc(F)cc(F)c1)c1ccc2scnc2c1. The highest BCUT2D eigenvalue weighted by Gasteiger charge is 2.31. The lowest BCUT2D eigenvalue weighted by atomic mass is 9.87. The first-order valence-corrected chi connectivity index (χ1v) is 17.3. The van der Waals surface area contributed by atoms with Crippen LogP contribution in [0.1, 0.15) is 24.0 Å². The Morgan fingerprint density at radius 3 is 1.36 bits per heavy atom. The van der Waals surface area contributed by atoms with Crippen LogP contribution in [0, 0.1) is 35.1 Å². The zero-order chi connectivity index (χ0) is 35.5. The maximum Gasteiger partial charge on any atom is 0.230 e. The second kappa shape index (κ2) is 14.9. The summed E-state index contributed by atoms with van der Waals surface area (Å²) in [5.74, 6) is -6.89. The number of thiazole rings is 2. The quantitative estimate of drug-likeness (QED) is 0.119. The van der Waals surface area contributed by atoms with Crippen molar-refractivity contribution >= 4 is 72.1 Å². The Morgan fingerprint density at radius 1 is 0.600 bits per heavy atom. The van der Waals surface area contributed by atoms with Gasteiger partial charge in [-0.1, -0.05) is 0 Å². The van der Waals surface area contributed by atoms with Crippen molar-refractivity contribution in [2.24, 2.45) is 11.8 Å². The van der Waals surface area contributed by atoms with E-state index in [0.29, 0.717) is 22.4 Å². The molecule has 0 aliphatic rings. The van der Waals surface area contributed by atoms with E-state index >= 15 is 0 Å². The number of amides is 2. The number of anilines is 2. The van der Waals surface area contributed by atoms with E-state index in [1.54, 1.807) is 49.4 Å². The lowest BCUT2D eigenvalue weighted by molar-refractivity contribution is -0.130. The Bertz CT molecular complexity index is 2030. The number of ketones is 1. The van der Waals surface area contributed by atoms with Gasteiger partial charge < -0.3 is 9.80 Å². The first-order chi connectivity index (χ1) is 23.9. The van der Waals surface area contributed by atoms with Crippen LogP contribution in [0.15, 0.2) is 83.8 Å². The van der Waals surface area contributed by atoms with Crippen LogP contribution >= 0.6 is 22.7 Å². The minimum Gasteiger partial charge on any atom is -0.315 e. The van der Waals surface area contributed by atoms with Gasteiger partial charge in [0.1, 0.15) is 29.1 Å². The number of halogens is 4. The summed E-state index contributed by atoms with van der Waals surface area (Å²) in [6, 6.07) is 16.4. The first-order valence-electron chi connectivity index (χ1n) is 15.6. The van der Waals surface area contributed by atoms with Crippen LogP contribution < -0.4 is 9.80 Å². The van der Waals surface area contributed by atoms with Gasteiger partial charge in [0, 0.05) is 62.3 Å². The zero-order valence-electron chi connectivity index (χ0n) is 26.9. The number of carbonyl (C=O) groups is 3. The number of nitrogens with zero attached hydrogens (tertiary/aromatic N) is 4. The third-order valence-corrected chi connectivity index (χ3v) is 10.1. The Kier molecular flexibility index (Phi) is 10.3. The van der Waals surface area contributed by atoms with Gasteiger partial charge in [-0.05, 0) is 84.6 Å². The van der Waals surface area contributed by atoms with E-state index in [1.165, 1.54) is 32.5 Å². The smallest absolute Gasteiger partial charge is 0.230 e. The fourth-order valence-electron chi connectivity index (χ4n) is 6.07. The molecule has 0 aliphatic carbocycles. The molecule has 0 fully saturated rings. The minimum atomic E-state index is -1.06. The molecule has 6 aromatic rings. The first kappa shape index (κ1) is 34.8.